The molecule has 0 aliphatic carbocycles. The number of hydrogen-bond acceptors (Lipinski definition) is 9. The van der Waals surface area contributed by atoms with E-state index in [4.69, 9.17) is 9.52 Å². The van der Waals surface area contributed by atoms with Gasteiger partial charge in [0.2, 0.25) is 5.95 Å². The zero-order valence-electron chi connectivity index (χ0n) is 16.0. The molecule has 3 rings (SSSR count). The van der Waals surface area contributed by atoms with Crippen molar-refractivity contribution in [1.29, 1.82) is 4.78 Å². The van der Waals surface area contributed by atoms with Gasteiger partial charge in [-0.25, -0.2) is 4.98 Å². The molecule has 29 heavy (non-hydrogen) atoms. The van der Waals surface area contributed by atoms with Gasteiger partial charge in [-0.2, -0.15) is 15.6 Å². The molecule has 0 unspecified atom stereocenters. The number of ether oxygens (including phenoxy) is 1. The number of methoxy groups -OCH3 is 1. The molecule has 0 spiro atoms. The van der Waals surface area contributed by atoms with E-state index in [9.17, 15) is 9.32 Å². The second-order valence-corrected chi connectivity index (χ2v) is 7.31. The minimum absolute atomic E-state index is 0.0517. The average molecular weight is 412 g/mol. The van der Waals surface area contributed by atoms with Gasteiger partial charge in [-0.15, -0.1) is 0 Å². The maximum Gasteiger partial charge on any atom is 0.229 e. The number of nitrogens with zero attached hydrogens (tertiary/aromatic N) is 2. The van der Waals surface area contributed by atoms with Crippen molar-refractivity contribution in [2.24, 2.45) is 0 Å². The van der Waals surface area contributed by atoms with Crippen LogP contribution in [0.1, 0.15) is 6.92 Å². The standard InChI is InChI=1S/C20H22N5O3S/c1-13(12-26)23-19-17(16-5-3-4-6-18(16)28-2)11-22-20(25-19)24-14-7-9-15(10-8-14)29(21)27/h3-11,13,21,26H,12H2,1-2H3,(H2,22,23,24,25)/q-1/t13-/m1/s1. The van der Waals surface area contributed by atoms with Crippen LogP contribution in [0.15, 0.2) is 59.6 Å². The quantitative estimate of drug-likeness (QED) is 0.416. The summed E-state index contributed by atoms with van der Waals surface area (Å²) in [4.78, 5) is 9.39. The summed E-state index contributed by atoms with van der Waals surface area (Å²) in [5.41, 5.74) is 2.27. The zero-order chi connectivity index (χ0) is 20.8. The van der Waals surface area contributed by atoms with Crippen molar-refractivity contribution in [2.45, 2.75) is 17.9 Å². The number of aliphatic hydroxyl groups excluding tert-OH is 1. The number of aliphatic hydroxyl groups is 1. The number of benzene rings is 2. The van der Waals surface area contributed by atoms with Crippen LogP contribution in [-0.4, -0.2) is 34.8 Å². The van der Waals surface area contributed by atoms with E-state index in [1.807, 2.05) is 31.2 Å². The van der Waals surface area contributed by atoms with Crippen LogP contribution < -0.4 is 15.4 Å². The Hall–Kier alpha value is -3.17. The van der Waals surface area contributed by atoms with Crippen molar-refractivity contribution in [3.8, 4) is 16.9 Å². The molecule has 1 heterocycles. The van der Waals surface area contributed by atoms with E-state index in [1.54, 1.807) is 37.6 Å². The zero-order valence-corrected chi connectivity index (χ0v) is 16.9. The Morgan fingerprint density at radius 2 is 1.90 bits per heavy atom. The molecule has 0 aliphatic heterocycles. The smallest absolute Gasteiger partial charge is 0.229 e. The van der Waals surface area contributed by atoms with Crippen LogP contribution in [0.5, 0.6) is 5.75 Å². The molecular formula is C20H22N5O3S-. The van der Waals surface area contributed by atoms with Crippen LogP contribution in [-0.2, 0) is 14.8 Å². The Bertz CT molecular complexity index is 1050. The first-order chi connectivity index (χ1) is 14.0. The lowest BCUT2D eigenvalue weighted by atomic mass is 10.1. The van der Waals surface area contributed by atoms with E-state index in [0.717, 1.165) is 11.1 Å². The van der Waals surface area contributed by atoms with Gasteiger partial charge in [-0.1, -0.05) is 35.2 Å². The molecule has 0 fully saturated rings. The summed E-state index contributed by atoms with van der Waals surface area (Å²) in [6.07, 6.45) is 1.69. The lowest BCUT2D eigenvalue weighted by Crippen LogP contribution is -2.21. The highest BCUT2D eigenvalue weighted by atomic mass is 32.2. The molecule has 1 atom stereocenters. The molecule has 0 saturated heterocycles. The molecule has 9 heteroatoms. The Morgan fingerprint density at radius 3 is 2.55 bits per heavy atom. The number of anilines is 3. The fourth-order valence-electron chi connectivity index (χ4n) is 2.69. The lowest BCUT2D eigenvalue weighted by Gasteiger charge is -2.18. The van der Waals surface area contributed by atoms with E-state index in [2.05, 4.69) is 20.6 Å². The van der Waals surface area contributed by atoms with Crippen molar-refractivity contribution in [3.63, 3.8) is 0 Å². The van der Waals surface area contributed by atoms with Gasteiger partial charge in [0.05, 0.1) is 13.7 Å². The summed E-state index contributed by atoms with van der Waals surface area (Å²) in [6.45, 7) is 1.80. The number of nitrogens with one attached hydrogen (secondary N) is 3. The van der Waals surface area contributed by atoms with Crippen molar-refractivity contribution in [2.75, 3.05) is 24.4 Å². The molecule has 0 amide bonds. The van der Waals surface area contributed by atoms with Crippen molar-refractivity contribution < 1.29 is 14.1 Å². The van der Waals surface area contributed by atoms with E-state index < -0.39 is 10.6 Å². The van der Waals surface area contributed by atoms with Crippen LogP contribution >= 0.6 is 0 Å². The van der Waals surface area contributed by atoms with Crippen molar-refractivity contribution >= 4 is 28.0 Å². The summed E-state index contributed by atoms with van der Waals surface area (Å²) in [7, 11) is -0.174. The highest BCUT2D eigenvalue weighted by molar-refractivity contribution is 7.73. The highest BCUT2D eigenvalue weighted by Crippen LogP contribution is 2.34. The normalized spacial score (nSPS) is 11.9. The molecule has 4 N–H and O–H groups in total. The molecular weight excluding hydrogens is 390 g/mol. The molecule has 0 radical (unpaired) electrons. The number of rotatable bonds is 8. The largest absolute Gasteiger partial charge is 0.496 e. The highest BCUT2D eigenvalue weighted by Gasteiger charge is 2.15. The summed E-state index contributed by atoms with van der Waals surface area (Å²) in [5, 5.41) is 15.7. The second-order valence-electron chi connectivity index (χ2n) is 6.30. The van der Waals surface area contributed by atoms with Crippen LogP contribution in [0, 0.1) is 4.78 Å². The van der Waals surface area contributed by atoms with E-state index in [0.29, 0.717) is 28.1 Å². The van der Waals surface area contributed by atoms with Crippen molar-refractivity contribution in [3.05, 3.63) is 54.7 Å². The Morgan fingerprint density at radius 1 is 1.17 bits per heavy atom. The van der Waals surface area contributed by atoms with Crippen LogP contribution in [0.25, 0.3) is 11.1 Å². The summed E-state index contributed by atoms with van der Waals surface area (Å²) in [5.74, 6) is 1.60. The fraction of sp³-hybridized carbons (Fsp3) is 0.200. The predicted molar refractivity (Wildman–Crippen MR) is 113 cm³/mol. The monoisotopic (exact) mass is 412 g/mol. The number of para-hydroxylation sites is 1. The molecule has 0 saturated carbocycles. The molecule has 8 nitrogen and oxygen atoms in total. The Kier molecular flexibility index (Phi) is 6.63. The predicted octanol–water partition coefficient (Wildman–Crippen LogP) is 3.77. The average Bonchev–Trinajstić information content (AvgIpc) is 2.74. The van der Waals surface area contributed by atoms with Gasteiger partial charge in [-0.3, -0.25) is 0 Å². The number of hydrogen-bond donors (Lipinski definition) is 4. The van der Waals surface area contributed by atoms with Crippen LogP contribution in [0.3, 0.4) is 0 Å². The third-order valence-electron chi connectivity index (χ3n) is 4.17. The Labute approximate surface area is 171 Å². The number of aromatic nitrogens is 2. The van der Waals surface area contributed by atoms with E-state index >= 15 is 0 Å². The van der Waals surface area contributed by atoms with Crippen molar-refractivity contribution in [1.82, 2.24) is 9.97 Å². The van der Waals surface area contributed by atoms with Gasteiger partial charge < -0.3 is 29.5 Å². The molecule has 0 bridgehead atoms. The van der Waals surface area contributed by atoms with Gasteiger partial charge in [0.25, 0.3) is 0 Å². The summed E-state index contributed by atoms with van der Waals surface area (Å²) < 4.78 is 23.9. The minimum Gasteiger partial charge on any atom is -0.496 e. The third-order valence-corrected chi connectivity index (χ3v) is 4.87. The van der Waals surface area contributed by atoms with Gasteiger partial charge in [0.1, 0.15) is 11.6 Å². The van der Waals surface area contributed by atoms with Gasteiger partial charge in [0.15, 0.2) is 0 Å². The van der Waals surface area contributed by atoms with Crippen LogP contribution in [0.2, 0.25) is 0 Å². The molecule has 2 aromatic carbocycles. The maximum atomic E-state index is 11.2. The van der Waals surface area contributed by atoms with Gasteiger partial charge in [-0.05, 0) is 25.1 Å². The fourth-order valence-corrected chi connectivity index (χ4v) is 3.07. The first-order valence-corrected chi connectivity index (χ1v) is 10.0. The van der Waals surface area contributed by atoms with Gasteiger partial charge >= 0.3 is 0 Å². The SMILES string of the molecule is COc1ccccc1-c1cnc(Nc2ccc([S-](=N)=O)cc2)nc1N[C@H](C)CO. The second kappa shape index (κ2) is 9.35. The summed E-state index contributed by atoms with van der Waals surface area (Å²) in [6, 6.07) is 14.0. The van der Waals surface area contributed by atoms with E-state index in [1.165, 1.54) is 0 Å². The molecule has 3 aromatic rings. The molecule has 152 valence electrons. The topological polar surface area (TPSA) is 120 Å². The minimum atomic E-state index is -1.78. The Balaban J connectivity index is 1.97. The van der Waals surface area contributed by atoms with Gasteiger partial charge in [0, 0.05) is 29.1 Å². The molecule has 0 aliphatic rings. The first-order valence-electron chi connectivity index (χ1n) is 8.89. The van der Waals surface area contributed by atoms with Crippen LogP contribution in [0.4, 0.5) is 17.5 Å². The van der Waals surface area contributed by atoms with E-state index in [-0.39, 0.29) is 12.6 Å². The molecule has 1 aromatic heterocycles. The lowest BCUT2D eigenvalue weighted by molar-refractivity contribution is 0.281. The third kappa shape index (κ3) is 5.01. The maximum absolute atomic E-state index is 11.2. The first kappa shape index (κ1) is 20.6. The summed E-state index contributed by atoms with van der Waals surface area (Å²) >= 11 is 0.